The van der Waals surface area contributed by atoms with Gasteiger partial charge in [-0.25, -0.2) is 4.99 Å². The predicted octanol–water partition coefficient (Wildman–Crippen LogP) is 4.41. The largest absolute Gasteiger partial charge is 0.452 e. The van der Waals surface area contributed by atoms with Crippen molar-refractivity contribution in [2.45, 2.75) is 36.5 Å². The topological polar surface area (TPSA) is 68.2 Å². The smallest absolute Gasteiger partial charge is 0.308 e. The molecule has 0 bridgehead atoms. The number of aliphatic imine (C=N–C) groups is 1. The molecule has 1 fully saturated rings. The van der Waals surface area contributed by atoms with Gasteiger partial charge in [-0.05, 0) is 30.2 Å². The third-order valence-electron chi connectivity index (χ3n) is 6.11. The second kappa shape index (κ2) is 9.58. The van der Waals surface area contributed by atoms with E-state index in [9.17, 15) is 9.59 Å². The summed E-state index contributed by atoms with van der Waals surface area (Å²) in [6.07, 6.45) is -0.967. The summed E-state index contributed by atoms with van der Waals surface area (Å²) < 4.78 is 11.1. The number of carbonyl (C=O) groups is 2. The van der Waals surface area contributed by atoms with Crippen LogP contribution in [0.2, 0.25) is 0 Å². The van der Waals surface area contributed by atoms with Crippen molar-refractivity contribution in [3.8, 4) is 0 Å². The molecule has 0 aromatic heterocycles. The lowest BCUT2D eigenvalue weighted by atomic mass is 9.99. The zero-order valence-corrected chi connectivity index (χ0v) is 20.2. The average Bonchev–Trinajstić information content (AvgIpc) is 3.28. The molecule has 0 N–H and O–H groups in total. The molecule has 2 aliphatic heterocycles. The standard InChI is InChI=1S/C28H26N2O4S/c1-28(35,18-30-26(32)23-27(30)34-25(29-23)21-15-9-4-10-16-21)17-22(31)33-24(19-11-5-2-6-12-19)20-13-7-3-8-14-20/h2-16,23-24,27,35H,17-18H2,1H3/t23-,27-,28?/m0/s1. The molecule has 3 atom stereocenters. The van der Waals surface area contributed by atoms with Crippen molar-refractivity contribution < 1.29 is 19.1 Å². The van der Waals surface area contributed by atoms with Crippen molar-refractivity contribution in [2.75, 3.05) is 6.54 Å². The Balaban J connectivity index is 1.23. The quantitative estimate of drug-likeness (QED) is 0.291. The third kappa shape index (κ3) is 4.95. The van der Waals surface area contributed by atoms with E-state index in [1.165, 1.54) is 0 Å². The lowest BCUT2D eigenvalue weighted by Crippen LogP contribution is -2.65. The number of rotatable bonds is 8. The van der Waals surface area contributed by atoms with E-state index in [2.05, 4.69) is 4.99 Å². The van der Waals surface area contributed by atoms with Crippen LogP contribution in [0.25, 0.3) is 0 Å². The molecule has 178 valence electrons. The van der Waals surface area contributed by atoms with Crippen LogP contribution in [0.3, 0.4) is 0 Å². The Bertz CT molecular complexity index is 1190. The van der Waals surface area contributed by atoms with E-state index >= 15 is 0 Å². The summed E-state index contributed by atoms with van der Waals surface area (Å²) in [5, 5.41) is 0. The molecule has 0 saturated carbocycles. The molecule has 6 nitrogen and oxygen atoms in total. The number of β-lactam (4-membered cyclic amide) rings is 1. The minimum Gasteiger partial charge on any atom is -0.452 e. The Kier molecular flexibility index (Phi) is 6.34. The van der Waals surface area contributed by atoms with Gasteiger partial charge in [-0.1, -0.05) is 78.9 Å². The van der Waals surface area contributed by atoms with Gasteiger partial charge in [-0.2, -0.15) is 12.6 Å². The molecule has 1 unspecified atom stereocenters. The van der Waals surface area contributed by atoms with E-state index in [1.54, 1.807) is 4.90 Å². The van der Waals surface area contributed by atoms with Crippen molar-refractivity contribution in [3.05, 3.63) is 108 Å². The van der Waals surface area contributed by atoms with Crippen molar-refractivity contribution in [2.24, 2.45) is 4.99 Å². The molecule has 35 heavy (non-hydrogen) atoms. The third-order valence-corrected chi connectivity index (χ3v) is 6.41. The van der Waals surface area contributed by atoms with Gasteiger partial charge in [0.2, 0.25) is 12.1 Å². The molecular weight excluding hydrogens is 460 g/mol. The predicted molar refractivity (Wildman–Crippen MR) is 136 cm³/mol. The number of benzene rings is 3. The highest BCUT2D eigenvalue weighted by atomic mass is 32.1. The van der Waals surface area contributed by atoms with Crippen molar-refractivity contribution in [1.82, 2.24) is 4.90 Å². The molecule has 2 aliphatic rings. The van der Waals surface area contributed by atoms with Gasteiger partial charge in [0.1, 0.15) is 0 Å². The molecule has 7 heteroatoms. The molecule has 3 aromatic rings. The molecule has 1 saturated heterocycles. The van der Waals surface area contributed by atoms with Crippen molar-refractivity contribution in [1.29, 1.82) is 0 Å². The van der Waals surface area contributed by atoms with Crippen LogP contribution in [0.1, 0.15) is 36.1 Å². The minimum absolute atomic E-state index is 0.0276. The van der Waals surface area contributed by atoms with Crippen LogP contribution in [0.15, 0.2) is 96.0 Å². The fourth-order valence-electron chi connectivity index (χ4n) is 4.41. The SMILES string of the molecule is CC(S)(CC(=O)OC(c1ccccc1)c1ccccc1)CN1C(=O)[C@@H]2N=C(c3ccccc3)O[C@@H]21. The number of likely N-dealkylation sites (tertiary alicyclic amines) is 1. The van der Waals surface area contributed by atoms with Crippen LogP contribution < -0.4 is 0 Å². The summed E-state index contributed by atoms with van der Waals surface area (Å²) >= 11 is 4.73. The van der Waals surface area contributed by atoms with E-state index < -0.39 is 29.1 Å². The van der Waals surface area contributed by atoms with Crippen LogP contribution in [0, 0.1) is 0 Å². The first kappa shape index (κ1) is 23.2. The van der Waals surface area contributed by atoms with E-state index in [-0.39, 0.29) is 18.9 Å². The number of hydrogen-bond donors (Lipinski definition) is 1. The highest BCUT2D eigenvalue weighted by molar-refractivity contribution is 7.81. The maximum Gasteiger partial charge on any atom is 0.308 e. The Morgan fingerprint density at radius 1 is 1.00 bits per heavy atom. The minimum atomic E-state index is -0.811. The first-order valence-electron chi connectivity index (χ1n) is 11.5. The summed E-state index contributed by atoms with van der Waals surface area (Å²) in [6, 6.07) is 28.2. The van der Waals surface area contributed by atoms with Gasteiger partial charge < -0.3 is 14.4 Å². The molecule has 3 aromatic carbocycles. The molecule has 1 amide bonds. The van der Waals surface area contributed by atoms with E-state index in [0.29, 0.717) is 5.90 Å². The highest BCUT2D eigenvalue weighted by Crippen LogP contribution is 2.35. The van der Waals surface area contributed by atoms with Gasteiger partial charge in [0.15, 0.2) is 12.1 Å². The van der Waals surface area contributed by atoms with Gasteiger partial charge in [-0.3, -0.25) is 9.59 Å². The Labute approximate surface area is 210 Å². The van der Waals surface area contributed by atoms with Crippen LogP contribution in [0.5, 0.6) is 0 Å². The van der Waals surface area contributed by atoms with Crippen molar-refractivity contribution in [3.63, 3.8) is 0 Å². The average molecular weight is 487 g/mol. The van der Waals surface area contributed by atoms with E-state index in [1.807, 2.05) is 97.9 Å². The van der Waals surface area contributed by atoms with E-state index in [4.69, 9.17) is 22.1 Å². The molecular formula is C28H26N2O4S. The Hall–Kier alpha value is -3.58. The zero-order chi connectivity index (χ0) is 24.4. The van der Waals surface area contributed by atoms with Crippen LogP contribution in [0.4, 0.5) is 0 Å². The maximum atomic E-state index is 13.0. The van der Waals surface area contributed by atoms with Gasteiger partial charge in [-0.15, -0.1) is 0 Å². The summed E-state index contributed by atoms with van der Waals surface area (Å²) in [5.41, 5.74) is 2.61. The number of nitrogens with zero attached hydrogens (tertiary/aromatic N) is 2. The normalized spacial score (nSPS) is 20.4. The first-order valence-corrected chi connectivity index (χ1v) is 12.0. The number of esters is 1. The molecule has 0 spiro atoms. The van der Waals surface area contributed by atoms with Gasteiger partial charge >= 0.3 is 5.97 Å². The van der Waals surface area contributed by atoms with Gasteiger partial charge in [0, 0.05) is 16.9 Å². The number of carbonyl (C=O) groups excluding carboxylic acids is 2. The first-order chi connectivity index (χ1) is 16.9. The number of amides is 1. The maximum absolute atomic E-state index is 13.0. The summed E-state index contributed by atoms with van der Waals surface area (Å²) in [5.74, 6) is -0.0513. The number of hydrogen-bond acceptors (Lipinski definition) is 6. The van der Waals surface area contributed by atoms with Gasteiger partial charge in [0.05, 0.1) is 6.42 Å². The molecule has 0 radical (unpaired) electrons. The lowest BCUT2D eigenvalue weighted by Gasteiger charge is -2.43. The van der Waals surface area contributed by atoms with Crippen molar-refractivity contribution >= 4 is 30.4 Å². The fraction of sp³-hybridized carbons (Fsp3) is 0.250. The van der Waals surface area contributed by atoms with Crippen LogP contribution in [-0.4, -0.2) is 46.2 Å². The highest BCUT2D eigenvalue weighted by Gasteiger charge is 2.55. The molecule has 0 aliphatic carbocycles. The molecule has 2 heterocycles. The number of fused-ring (bicyclic) bond motifs is 1. The Morgan fingerprint density at radius 2 is 1.54 bits per heavy atom. The fourth-order valence-corrected chi connectivity index (χ4v) is 4.69. The summed E-state index contributed by atoms with van der Waals surface area (Å²) in [4.78, 5) is 31.8. The van der Waals surface area contributed by atoms with Crippen LogP contribution >= 0.6 is 12.6 Å². The Morgan fingerprint density at radius 3 is 2.11 bits per heavy atom. The second-order valence-electron chi connectivity index (χ2n) is 9.08. The second-order valence-corrected chi connectivity index (χ2v) is 10.2. The number of ether oxygens (including phenoxy) is 2. The number of thiol groups is 1. The van der Waals surface area contributed by atoms with Gasteiger partial charge in [0.25, 0.3) is 5.91 Å². The lowest BCUT2D eigenvalue weighted by molar-refractivity contribution is -0.164. The summed E-state index contributed by atoms with van der Waals surface area (Å²) in [6.45, 7) is 2.07. The molecule has 5 rings (SSSR count). The van der Waals surface area contributed by atoms with E-state index in [0.717, 1.165) is 16.7 Å². The summed E-state index contributed by atoms with van der Waals surface area (Å²) in [7, 11) is 0. The zero-order valence-electron chi connectivity index (χ0n) is 19.3. The van der Waals surface area contributed by atoms with Crippen LogP contribution in [-0.2, 0) is 19.1 Å². The monoisotopic (exact) mass is 486 g/mol.